The Morgan fingerprint density at radius 3 is 2.95 bits per heavy atom. The second-order valence-electron chi connectivity index (χ2n) is 4.89. The molecular weight excluding hydrogens is 248 g/mol. The Bertz CT molecular complexity index is 672. The van der Waals surface area contributed by atoms with Crippen LogP contribution < -0.4 is 10.2 Å². The molecule has 1 aromatic heterocycles. The highest BCUT2D eigenvalue weighted by atomic mass is 15.2. The third-order valence-corrected chi connectivity index (χ3v) is 3.50. The second-order valence-corrected chi connectivity index (χ2v) is 4.89. The topological polar surface area (TPSA) is 52.0 Å². The maximum absolute atomic E-state index is 9.33. The molecule has 0 aliphatic carbocycles. The summed E-state index contributed by atoms with van der Waals surface area (Å²) in [4.78, 5) is 6.72. The number of hydrogen-bond donors (Lipinski definition) is 1. The molecule has 1 aromatic carbocycles. The van der Waals surface area contributed by atoms with Crippen molar-refractivity contribution in [2.45, 2.75) is 13.5 Å². The summed E-state index contributed by atoms with van der Waals surface area (Å²) in [7, 11) is 0. The van der Waals surface area contributed by atoms with Crippen LogP contribution in [0.4, 0.5) is 11.5 Å². The van der Waals surface area contributed by atoms with Gasteiger partial charge in [-0.05, 0) is 30.7 Å². The molecule has 4 nitrogen and oxygen atoms in total. The number of nitrogens with zero attached hydrogens (tertiary/aromatic N) is 3. The molecule has 4 heteroatoms. The van der Waals surface area contributed by atoms with E-state index in [0.717, 1.165) is 36.8 Å². The number of para-hydroxylation sites is 1. The van der Waals surface area contributed by atoms with Crippen molar-refractivity contribution in [2.24, 2.45) is 0 Å². The van der Waals surface area contributed by atoms with E-state index in [-0.39, 0.29) is 0 Å². The molecule has 1 aliphatic rings. The average Bonchev–Trinajstić information content (AvgIpc) is 2.69. The van der Waals surface area contributed by atoms with Crippen LogP contribution in [0.3, 0.4) is 0 Å². The van der Waals surface area contributed by atoms with E-state index in [2.05, 4.69) is 33.4 Å². The molecule has 20 heavy (non-hydrogen) atoms. The van der Waals surface area contributed by atoms with Gasteiger partial charge in [0.15, 0.2) is 5.82 Å². The first-order valence-electron chi connectivity index (χ1n) is 6.73. The largest absolute Gasteiger partial charge is 0.324 e. The molecule has 0 fully saturated rings. The first-order chi connectivity index (χ1) is 9.79. The van der Waals surface area contributed by atoms with Crippen LogP contribution in [0, 0.1) is 18.3 Å². The number of rotatable bonds is 1. The number of nitriles is 1. The summed E-state index contributed by atoms with van der Waals surface area (Å²) in [5.41, 5.74) is 3.91. The SMILES string of the molecule is Cc1ccc(C#N)c(N2CCNCc3ccccc32)n1. The molecule has 3 rings (SSSR count). The lowest BCUT2D eigenvalue weighted by Crippen LogP contribution is -2.26. The first-order valence-corrected chi connectivity index (χ1v) is 6.73. The maximum Gasteiger partial charge on any atom is 0.151 e. The third-order valence-electron chi connectivity index (χ3n) is 3.50. The molecule has 2 heterocycles. The normalized spacial score (nSPS) is 14.3. The molecule has 0 saturated carbocycles. The van der Waals surface area contributed by atoms with Gasteiger partial charge in [0.2, 0.25) is 0 Å². The van der Waals surface area contributed by atoms with Gasteiger partial charge in [0, 0.05) is 31.0 Å². The molecule has 0 amide bonds. The molecule has 0 bridgehead atoms. The molecular formula is C16H16N4. The fourth-order valence-corrected chi connectivity index (χ4v) is 2.51. The smallest absolute Gasteiger partial charge is 0.151 e. The predicted octanol–water partition coefficient (Wildman–Crippen LogP) is 2.50. The van der Waals surface area contributed by atoms with Gasteiger partial charge in [-0.2, -0.15) is 5.26 Å². The number of aromatic nitrogens is 1. The Hall–Kier alpha value is -2.38. The van der Waals surface area contributed by atoms with Crippen molar-refractivity contribution in [2.75, 3.05) is 18.0 Å². The summed E-state index contributed by atoms with van der Waals surface area (Å²) in [6, 6.07) is 14.2. The molecule has 1 N–H and O–H groups in total. The van der Waals surface area contributed by atoms with Crippen molar-refractivity contribution in [3.63, 3.8) is 0 Å². The van der Waals surface area contributed by atoms with E-state index in [1.54, 1.807) is 0 Å². The van der Waals surface area contributed by atoms with Crippen LogP contribution in [-0.2, 0) is 6.54 Å². The van der Waals surface area contributed by atoms with Crippen LogP contribution in [0.15, 0.2) is 36.4 Å². The summed E-state index contributed by atoms with van der Waals surface area (Å²) in [5, 5.41) is 12.7. The van der Waals surface area contributed by atoms with Gasteiger partial charge in [-0.25, -0.2) is 4.98 Å². The number of pyridine rings is 1. The van der Waals surface area contributed by atoms with E-state index in [4.69, 9.17) is 0 Å². The van der Waals surface area contributed by atoms with E-state index in [9.17, 15) is 5.26 Å². The Morgan fingerprint density at radius 1 is 1.25 bits per heavy atom. The quantitative estimate of drug-likeness (QED) is 0.860. The van der Waals surface area contributed by atoms with Crippen LogP contribution in [0.25, 0.3) is 0 Å². The number of anilines is 2. The van der Waals surface area contributed by atoms with E-state index >= 15 is 0 Å². The number of nitrogens with one attached hydrogen (secondary N) is 1. The summed E-state index contributed by atoms with van der Waals surface area (Å²) in [6.45, 7) is 4.48. The average molecular weight is 264 g/mol. The Balaban J connectivity index is 2.15. The third kappa shape index (κ3) is 2.24. The zero-order chi connectivity index (χ0) is 13.9. The lowest BCUT2D eigenvalue weighted by molar-refractivity contribution is 0.710. The van der Waals surface area contributed by atoms with Crippen molar-refractivity contribution in [3.05, 3.63) is 53.2 Å². The van der Waals surface area contributed by atoms with Crippen LogP contribution in [-0.4, -0.2) is 18.1 Å². The molecule has 0 unspecified atom stereocenters. The standard InChI is InChI=1S/C16H16N4/c1-12-6-7-13(10-17)16(19-12)20-9-8-18-11-14-4-2-3-5-15(14)20/h2-7,18H,8-9,11H2,1H3. The monoisotopic (exact) mass is 264 g/mol. The van der Waals surface area contributed by atoms with Gasteiger partial charge < -0.3 is 10.2 Å². The number of fused-ring (bicyclic) bond motifs is 1. The first kappa shape index (κ1) is 12.6. The van der Waals surface area contributed by atoms with Gasteiger partial charge in [-0.3, -0.25) is 0 Å². The highest BCUT2D eigenvalue weighted by molar-refractivity contribution is 5.69. The zero-order valence-corrected chi connectivity index (χ0v) is 11.4. The minimum atomic E-state index is 0.618. The lowest BCUT2D eigenvalue weighted by atomic mass is 10.1. The van der Waals surface area contributed by atoms with Gasteiger partial charge >= 0.3 is 0 Å². The molecule has 1 aliphatic heterocycles. The highest BCUT2D eigenvalue weighted by Crippen LogP contribution is 2.30. The van der Waals surface area contributed by atoms with Crippen molar-refractivity contribution in [3.8, 4) is 6.07 Å². The summed E-state index contributed by atoms with van der Waals surface area (Å²) < 4.78 is 0. The van der Waals surface area contributed by atoms with Gasteiger partial charge in [-0.15, -0.1) is 0 Å². The van der Waals surface area contributed by atoms with E-state index in [1.165, 1.54) is 5.56 Å². The van der Waals surface area contributed by atoms with Gasteiger partial charge in [0.25, 0.3) is 0 Å². The van der Waals surface area contributed by atoms with E-state index in [0.29, 0.717) is 5.56 Å². The number of aryl methyl sites for hydroxylation is 1. The van der Waals surface area contributed by atoms with Gasteiger partial charge in [-0.1, -0.05) is 18.2 Å². The minimum absolute atomic E-state index is 0.618. The molecule has 0 atom stereocenters. The fourth-order valence-electron chi connectivity index (χ4n) is 2.51. The lowest BCUT2D eigenvalue weighted by Gasteiger charge is -2.24. The Labute approximate surface area is 118 Å². The molecule has 0 radical (unpaired) electrons. The van der Waals surface area contributed by atoms with Gasteiger partial charge in [0.1, 0.15) is 6.07 Å². The number of hydrogen-bond acceptors (Lipinski definition) is 4. The molecule has 0 saturated heterocycles. The summed E-state index contributed by atoms with van der Waals surface area (Å²) in [6.07, 6.45) is 0. The predicted molar refractivity (Wildman–Crippen MR) is 78.8 cm³/mol. The highest BCUT2D eigenvalue weighted by Gasteiger charge is 2.19. The van der Waals surface area contributed by atoms with Gasteiger partial charge in [0.05, 0.1) is 5.56 Å². The Morgan fingerprint density at radius 2 is 2.10 bits per heavy atom. The minimum Gasteiger partial charge on any atom is -0.324 e. The van der Waals surface area contributed by atoms with Crippen LogP contribution >= 0.6 is 0 Å². The fraction of sp³-hybridized carbons (Fsp3) is 0.250. The van der Waals surface area contributed by atoms with E-state index in [1.807, 2.05) is 31.2 Å². The molecule has 2 aromatic rings. The Kier molecular flexibility index (Phi) is 3.36. The van der Waals surface area contributed by atoms with Crippen LogP contribution in [0.5, 0.6) is 0 Å². The summed E-state index contributed by atoms with van der Waals surface area (Å²) in [5.74, 6) is 0.753. The maximum atomic E-state index is 9.33. The van der Waals surface area contributed by atoms with Crippen molar-refractivity contribution in [1.82, 2.24) is 10.3 Å². The molecule has 0 spiro atoms. The van der Waals surface area contributed by atoms with Crippen molar-refractivity contribution < 1.29 is 0 Å². The second kappa shape index (κ2) is 5.32. The molecule has 100 valence electrons. The van der Waals surface area contributed by atoms with Crippen LogP contribution in [0.2, 0.25) is 0 Å². The van der Waals surface area contributed by atoms with Crippen LogP contribution in [0.1, 0.15) is 16.8 Å². The number of benzene rings is 1. The zero-order valence-electron chi connectivity index (χ0n) is 11.4. The van der Waals surface area contributed by atoms with Crippen molar-refractivity contribution in [1.29, 1.82) is 5.26 Å². The van der Waals surface area contributed by atoms with Crippen molar-refractivity contribution >= 4 is 11.5 Å². The van der Waals surface area contributed by atoms with E-state index < -0.39 is 0 Å². The summed E-state index contributed by atoms with van der Waals surface area (Å²) >= 11 is 0.